The van der Waals surface area contributed by atoms with Crippen molar-refractivity contribution >= 4 is 16.8 Å². The molecule has 148 valence electrons. The summed E-state index contributed by atoms with van der Waals surface area (Å²) in [7, 11) is 1.79. The van der Waals surface area contributed by atoms with Crippen LogP contribution >= 0.6 is 0 Å². The van der Waals surface area contributed by atoms with Gasteiger partial charge in [0.2, 0.25) is 0 Å². The molecule has 0 unspecified atom stereocenters. The van der Waals surface area contributed by atoms with Gasteiger partial charge in [-0.3, -0.25) is 4.79 Å². The topological polar surface area (TPSA) is 75.0 Å². The van der Waals surface area contributed by atoms with Crippen molar-refractivity contribution < 1.29 is 9.32 Å². The number of aromatic amines is 1. The van der Waals surface area contributed by atoms with Crippen LogP contribution in [-0.2, 0) is 6.42 Å². The van der Waals surface area contributed by atoms with Crippen molar-refractivity contribution in [1.29, 1.82) is 0 Å². The summed E-state index contributed by atoms with van der Waals surface area (Å²) in [5.74, 6) is 1.02. The molecule has 2 heterocycles. The van der Waals surface area contributed by atoms with Crippen molar-refractivity contribution in [2.45, 2.75) is 27.2 Å². The molecule has 0 aliphatic carbocycles. The Bertz CT molecular complexity index is 1190. The van der Waals surface area contributed by atoms with Gasteiger partial charge in [0.1, 0.15) is 5.69 Å². The molecule has 2 aromatic carbocycles. The second-order valence-corrected chi connectivity index (χ2v) is 7.57. The Morgan fingerprint density at radius 3 is 2.69 bits per heavy atom. The van der Waals surface area contributed by atoms with Gasteiger partial charge >= 0.3 is 0 Å². The maximum Gasteiger partial charge on any atom is 0.274 e. The largest absolute Gasteiger partial charge is 0.351 e. The molecular formula is C23H24N4O2. The minimum absolute atomic E-state index is 0.0113. The number of H-pyrrole nitrogens is 1. The molecule has 0 fully saturated rings. The average Bonchev–Trinajstić information content (AvgIpc) is 3.34. The van der Waals surface area contributed by atoms with Crippen molar-refractivity contribution in [3.05, 3.63) is 70.5 Å². The summed E-state index contributed by atoms with van der Waals surface area (Å²) in [4.78, 5) is 22.1. The number of nitrogens with one attached hydrogen (secondary N) is 1. The van der Waals surface area contributed by atoms with Crippen LogP contribution in [0.2, 0.25) is 0 Å². The number of aromatic nitrogens is 3. The first-order chi connectivity index (χ1) is 13.9. The number of hydrogen-bond acceptors (Lipinski definition) is 4. The molecule has 2 aromatic heterocycles. The molecule has 4 aromatic rings. The Balaban J connectivity index is 1.43. The van der Waals surface area contributed by atoms with E-state index in [0.29, 0.717) is 30.2 Å². The summed E-state index contributed by atoms with van der Waals surface area (Å²) < 4.78 is 5.42. The molecule has 0 saturated heterocycles. The lowest BCUT2D eigenvalue weighted by Crippen LogP contribution is -2.29. The number of fused-ring (bicyclic) bond motifs is 1. The highest BCUT2D eigenvalue weighted by Crippen LogP contribution is 2.23. The third-order valence-electron chi connectivity index (χ3n) is 5.25. The third-order valence-corrected chi connectivity index (χ3v) is 5.25. The Morgan fingerprint density at radius 2 is 1.90 bits per heavy atom. The highest BCUT2D eigenvalue weighted by molar-refractivity contribution is 5.94. The van der Waals surface area contributed by atoms with Crippen LogP contribution in [0.1, 0.15) is 32.9 Å². The van der Waals surface area contributed by atoms with Crippen LogP contribution in [0.25, 0.3) is 22.5 Å². The number of benzene rings is 2. The molecule has 0 aliphatic heterocycles. The number of amides is 1. The van der Waals surface area contributed by atoms with Crippen molar-refractivity contribution in [3.8, 4) is 11.6 Å². The van der Waals surface area contributed by atoms with Crippen molar-refractivity contribution in [2.75, 3.05) is 13.6 Å². The van der Waals surface area contributed by atoms with Gasteiger partial charge in [0.25, 0.3) is 11.8 Å². The number of likely N-dealkylation sites (N-methyl/N-ethyl adjacent to an activating group) is 1. The molecule has 4 rings (SSSR count). The fourth-order valence-electron chi connectivity index (χ4n) is 3.30. The van der Waals surface area contributed by atoms with Gasteiger partial charge in [-0.15, -0.1) is 0 Å². The van der Waals surface area contributed by atoms with Crippen molar-refractivity contribution in [3.63, 3.8) is 0 Å². The number of hydrogen-bond donors (Lipinski definition) is 1. The van der Waals surface area contributed by atoms with Crippen LogP contribution < -0.4 is 0 Å². The highest BCUT2D eigenvalue weighted by Gasteiger charge is 2.15. The summed E-state index contributed by atoms with van der Waals surface area (Å²) in [5, 5.41) is 5.18. The maximum atomic E-state index is 12.6. The summed E-state index contributed by atoms with van der Waals surface area (Å²) >= 11 is 0. The summed E-state index contributed by atoms with van der Waals surface area (Å²) in [6.45, 7) is 6.62. The van der Waals surface area contributed by atoms with Gasteiger partial charge in [-0.1, -0.05) is 22.9 Å². The van der Waals surface area contributed by atoms with E-state index >= 15 is 0 Å². The van der Waals surface area contributed by atoms with Gasteiger partial charge in [-0.25, -0.2) is 0 Å². The smallest absolute Gasteiger partial charge is 0.274 e. The van der Waals surface area contributed by atoms with Crippen molar-refractivity contribution in [1.82, 2.24) is 20.0 Å². The number of nitrogens with zero attached hydrogens (tertiary/aromatic N) is 3. The van der Waals surface area contributed by atoms with Crippen LogP contribution in [0.4, 0.5) is 0 Å². The summed E-state index contributed by atoms with van der Waals surface area (Å²) in [5.41, 5.74) is 6.01. The molecular weight excluding hydrogens is 364 g/mol. The molecule has 0 radical (unpaired) electrons. The third kappa shape index (κ3) is 3.92. The van der Waals surface area contributed by atoms with Gasteiger partial charge < -0.3 is 14.4 Å². The zero-order valence-electron chi connectivity index (χ0n) is 17.1. The molecule has 0 saturated carbocycles. The lowest BCUT2D eigenvalue weighted by Gasteiger charge is -2.16. The van der Waals surface area contributed by atoms with E-state index in [1.165, 1.54) is 11.1 Å². The molecule has 0 bridgehead atoms. The molecule has 1 amide bonds. The van der Waals surface area contributed by atoms with E-state index in [4.69, 9.17) is 4.52 Å². The fraction of sp³-hybridized carbons (Fsp3) is 0.261. The van der Waals surface area contributed by atoms with E-state index in [9.17, 15) is 4.79 Å². The van der Waals surface area contributed by atoms with Crippen LogP contribution in [0.5, 0.6) is 0 Å². The Hall–Kier alpha value is -3.41. The predicted octanol–water partition coefficient (Wildman–Crippen LogP) is 4.46. The number of carbonyl (C=O) groups excluding carboxylic acids is 1. The van der Waals surface area contributed by atoms with E-state index < -0.39 is 0 Å². The molecule has 1 N–H and O–H groups in total. The summed E-state index contributed by atoms with van der Waals surface area (Å²) in [6, 6.07) is 14.0. The Morgan fingerprint density at radius 1 is 1.07 bits per heavy atom. The minimum Gasteiger partial charge on any atom is -0.351 e. The maximum absolute atomic E-state index is 12.6. The number of rotatable bonds is 5. The van der Waals surface area contributed by atoms with E-state index in [1.54, 1.807) is 11.9 Å². The predicted molar refractivity (Wildman–Crippen MR) is 113 cm³/mol. The molecule has 29 heavy (non-hydrogen) atoms. The Labute approximate surface area is 169 Å². The van der Waals surface area contributed by atoms with Gasteiger partial charge in [-0.2, -0.15) is 4.98 Å². The first-order valence-corrected chi connectivity index (χ1v) is 9.66. The van der Waals surface area contributed by atoms with Crippen LogP contribution in [-0.4, -0.2) is 39.5 Å². The number of aryl methyl sites for hydroxylation is 3. The molecule has 0 atom stereocenters. The second kappa shape index (κ2) is 7.54. The standard InChI is InChI=1S/C23H24N4O2/c1-14-5-8-19-18(11-14)13-20(24-19)22-25-21(26-29-22)9-10-27(4)23(28)17-7-6-15(2)16(3)12-17/h5-8,11-13,24H,9-10H2,1-4H3. The van der Waals surface area contributed by atoms with Crippen molar-refractivity contribution in [2.24, 2.45) is 0 Å². The zero-order chi connectivity index (χ0) is 20.5. The van der Waals surface area contributed by atoms with Gasteiger partial charge in [0, 0.05) is 36.5 Å². The number of carbonyl (C=O) groups is 1. The first kappa shape index (κ1) is 18.9. The molecule has 6 heteroatoms. The van der Waals surface area contributed by atoms with Gasteiger partial charge in [-0.05, 0) is 62.2 Å². The quantitative estimate of drug-likeness (QED) is 0.548. The van der Waals surface area contributed by atoms with Gasteiger partial charge in [0.15, 0.2) is 5.82 Å². The minimum atomic E-state index is -0.0113. The first-order valence-electron chi connectivity index (χ1n) is 9.66. The molecule has 0 spiro atoms. The van der Waals surface area contributed by atoms with Crippen LogP contribution in [0.3, 0.4) is 0 Å². The monoisotopic (exact) mass is 388 g/mol. The van der Waals surface area contributed by atoms with E-state index in [1.807, 2.05) is 44.2 Å². The van der Waals surface area contributed by atoms with Crippen LogP contribution in [0, 0.1) is 20.8 Å². The Kier molecular flexibility index (Phi) is 4.92. The van der Waals surface area contributed by atoms with Crippen LogP contribution in [0.15, 0.2) is 47.0 Å². The lowest BCUT2D eigenvalue weighted by atomic mass is 10.1. The molecule has 6 nitrogen and oxygen atoms in total. The second-order valence-electron chi connectivity index (χ2n) is 7.57. The molecule has 0 aliphatic rings. The van der Waals surface area contributed by atoms with Gasteiger partial charge in [0.05, 0.1) is 0 Å². The summed E-state index contributed by atoms with van der Waals surface area (Å²) in [6.07, 6.45) is 0.524. The lowest BCUT2D eigenvalue weighted by molar-refractivity contribution is 0.0795. The van der Waals surface area contributed by atoms with E-state index in [-0.39, 0.29) is 5.91 Å². The fourth-order valence-corrected chi connectivity index (χ4v) is 3.30. The van der Waals surface area contributed by atoms with E-state index in [0.717, 1.165) is 22.2 Å². The normalized spacial score (nSPS) is 11.2. The average molecular weight is 388 g/mol. The highest BCUT2D eigenvalue weighted by atomic mass is 16.5. The SMILES string of the molecule is Cc1ccc2[nH]c(-c3nc(CCN(C)C(=O)c4ccc(C)c(C)c4)no3)cc2c1. The zero-order valence-corrected chi connectivity index (χ0v) is 17.1. The van der Waals surface area contributed by atoms with E-state index in [2.05, 4.69) is 34.2 Å².